The van der Waals surface area contributed by atoms with Gasteiger partial charge in [-0.2, -0.15) is 5.10 Å². The van der Waals surface area contributed by atoms with E-state index in [1.807, 2.05) is 31.7 Å². The average molecular weight is 308 g/mol. The first-order valence-electron chi connectivity index (χ1n) is 8.03. The van der Waals surface area contributed by atoms with Gasteiger partial charge in [-0.3, -0.25) is 5.10 Å². The summed E-state index contributed by atoms with van der Waals surface area (Å²) in [5, 5.41) is 10.6. The van der Waals surface area contributed by atoms with Crippen LogP contribution in [0.4, 0.5) is 4.79 Å². The molecule has 0 bridgehead atoms. The molecule has 0 spiro atoms. The molecule has 3 unspecified atom stereocenters. The van der Waals surface area contributed by atoms with Gasteiger partial charge in [0.05, 0.1) is 5.69 Å². The van der Waals surface area contributed by atoms with Crippen molar-refractivity contribution in [2.24, 2.45) is 0 Å². The van der Waals surface area contributed by atoms with Crippen molar-refractivity contribution in [2.75, 3.05) is 6.54 Å². The highest BCUT2D eigenvalue weighted by atomic mass is 16.6. The van der Waals surface area contributed by atoms with Gasteiger partial charge in [0, 0.05) is 30.9 Å². The predicted octanol–water partition coefficient (Wildman–Crippen LogP) is 2.85. The molecule has 3 atom stereocenters. The number of aromatic amines is 1. The number of rotatable bonds is 3. The summed E-state index contributed by atoms with van der Waals surface area (Å²) >= 11 is 0. The number of hydrogen-bond donors (Lipinski definition) is 2. The predicted molar refractivity (Wildman–Crippen MR) is 85.6 cm³/mol. The Kier molecular flexibility index (Phi) is 5.11. The Morgan fingerprint density at radius 2 is 2.27 bits per heavy atom. The highest BCUT2D eigenvalue weighted by Gasteiger charge is 2.34. The Hall–Kier alpha value is -1.56. The van der Waals surface area contributed by atoms with Gasteiger partial charge in [-0.25, -0.2) is 4.79 Å². The van der Waals surface area contributed by atoms with Crippen LogP contribution >= 0.6 is 0 Å². The van der Waals surface area contributed by atoms with Crippen molar-refractivity contribution >= 4 is 6.09 Å². The minimum Gasteiger partial charge on any atom is -0.444 e. The molecule has 124 valence electrons. The molecule has 0 saturated carbocycles. The van der Waals surface area contributed by atoms with E-state index >= 15 is 0 Å². The van der Waals surface area contributed by atoms with E-state index in [4.69, 9.17) is 4.74 Å². The van der Waals surface area contributed by atoms with E-state index < -0.39 is 5.60 Å². The van der Waals surface area contributed by atoms with E-state index in [1.165, 1.54) is 0 Å². The number of hydrogen-bond acceptors (Lipinski definition) is 4. The number of aromatic nitrogens is 2. The van der Waals surface area contributed by atoms with E-state index in [2.05, 4.69) is 29.4 Å². The number of carbonyl (C=O) groups is 1. The average Bonchev–Trinajstić information content (AvgIpc) is 2.93. The molecule has 2 heterocycles. The molecule has 1 amide bonds. The molecule has 1 saturated heterocycles. The van der Waals surface area contributed by atoms with Gasteiger partial charge in [0.1, 0.15) is 5.60 Å². The first-order valence-corrected chi connectivity index (χ1v) is 8.03. The van der Waals surface area contributed by atoms with Crippen molar-refractivity contribution in [3.63, 3.8) is 0 Å². The molecule has 1 fully saturated rings. The van der Waals surface area contributed by atoms with Crippen molar-refractivity contribution in [3.8, 4) is 0 Å². The van der Waals surface area contributed by atoms with Crippen molar-refractivity contribution in [1.29, 1.82) is 0 Å². The van der Waals surface area contributed by atoms with Crippen molar-refractivity contribution in [2.45, 2.75) is 71.2 Å². The summed E-state index contributed by atoms with van der Waals surface area (Å²) < 4.78 is 5.52. The lowest BCUT2D eigenvalue weighted by Crippen LogP contribution is -2.55. The molecule has 1 aromatic rings. The maximum Gasteiger partial charge on any atom is 0.410 e. The number of amides is 1. The van der Waals surface area contributed by atoms with Crippen LogP contribution < -0.4 is 5.32 Å². The summed E-state index contributed by atoms with van der Waals surface area (Å²) in [6.07, 6.45) is 3.57. The molecule has 2 N–H and O–H groups in total. The third kappa shape index (κ3) is 4.22. The van der Waals surface area contributed by atoms with Crippen molar-refractivity contribution < 1.29 is 9.53 Å². The monoisotopic (exact) mass is 308 g/mol. The van der Waals surface area contributed by atoms with Gasteiger partial charge in [-0.1, -0.05) is 0 Å². The smallest absolute Gasteiger partial charge is 0.410 e. The van der Waals surface area contributed by atoms with E-state index in [9.17, 15) is 4.79 Å². The largest absolute Gasteiger partial charge is 0.444 e. The molecule has 22 heavy (non-hydrogen) atoms. The maximum atomic E-state index is 12.3. The van der Waals surface area contributed by atoms with Gasteiger partial charge >= 0.3 is 6.09 Å². The number of nitrogens with zero attached hydrogens (tertiary/aromatic N) is 2. The molecule has 0 aromatic carbocycles. The number of ether oxygens (including phenoxy) is 1. The summed E-state index contributed by atoms with van der Waals surface area (Å²) in [5.41, 5.74) is 0.599. The summed E-state index contributed by atoms with van der Waals surface area (Å²) in [6.45, 7) is 10.6. The standard InChI is InChI=1S/C16H28N4O2/c1-11(13-8-9-17-19-13)18-14-7-6-10-20(12(14)2)15(21)22-16(3,4)5/h8-9,11-12,14,18H,6-7,10H2,1-5H3,(H,17,19). The molecule has 2 rings (SSSR count). The Balaban J connectivity index is 1.97. The van der Waals surface area contributed by atoms with E-state index in [0.717, 1.165) is 25.1 Å². The number of piperidine rings is 1. The normalized spacial score (nSPS) is 24.1. The van der Waals surface area contributed by atoms with Crippen LogP contribution in [0.5, 0.6) is 0 Å². The lowest BCUT2D eigenvalue weighted by molar-refractivity contribution is 0.00640. The third-order valence-corrected chi connectivity index (χ3v) is 4.07. The summed E-state index contributed by atoms with van der Waals surface area (Å²) in [7, 11) is 0. The van der Waals surface area contributed by atoms with E-state index in [1.54, 1.807) is 6.20 Å². The number of nitrogens with one attached hydrogen (secondary N) is 2. The van der Waals surface area contributed by atoms with Gasteiger partial charge in [0.25, 0.3) is 0 Å². The first-order chi connectivity index (χ1) is 10.3. The molecule has 0 aliphatic carbocycles. The van der Waals surface area contributed by atoms with Gasteiger partial charge < -0.3 is 15.0 Å². The second-order valence-electron chi connectivity index (χ2n) is 7.06. The molecule has 0 radical (unpaired) electrons. The lowest BCUT2D eigenvalue weighted by Gasteiger charge is -2.41. The summed E-state index contributed by atoms with van der Waals surface area (Å²) in [5.74, 6) is 0. The minimum atomic E-state index is -0.458. The maximum absolute atomic E-state index is 12.3. The van der Waals surface area contributed by atoms with Gasteiger partial charge in [-0.05, 0) is 53.5 Å². The molecule has 6 heteroatoms. The van der Waals surface area contributed by atoms with Crippen LogP contribution in [0.2, 0.25) is 0 Å². The van der Waals surface area contributed by atoms with Crippen LogP contribution in [-0.4, -0.2) is 45.4 Å². The molecule has 1 aliphatic heterocycles. The molecule has 1 aromatic heterocycles. The Morgan fingerprint density at radius 3 is 2.86 bits per heavy atom. The molecular weight excluding hydrogens is 280 g/mol. The van der Waals surface area contributed by atoms with Crippen LogP contribution in [0.15, 0.2) is 12.3 Å². The number of likely N-dealkylation sites (tertiary alicyclic amines) is 1. The summed E-state index contributed by atoms with van der Waals surface area (Å²) in [6, 6.07) is 2.50. The lowest BCUT2D eigenvalue weighted by atomic mass is 9.96. The SMILES string of the molecule is CC(NC1CCCN(C(=O)OC(C)(C)C)C1C)c1ccn[nH]1. The number of carbonyl (C=O) groups excluding carboxylic acids is 1. The fourth-order valence-corrected chi connectivity index (χ4v) is 2.86. The van der Waals surface area contributed by atoms with Crippen LogP contribution in [-0.2, 0) is 4.74 Å². The minimum absolute atomic E-state index is 0.106. The summed E-state index contributed by atoms with van der Waals surface area (Å²) in [4.78, 5) is 14.2. The van der Waals surface area contributed by atoms with Gasteiger partial charge in [0.2, 0.25) is 0 Å². The Morgan fingerprint density at radius 1 is 1.55 bits per heavy atom. The van der Waals surface area contributed by atoms with Crippen molar-refractivity contribution in [1.82, 2.24) is 20.4 Å². The number of H-pyrrole nitrogens is 1. The van der Waals surface area contributed by atoms with Crippen LogP contribution in [0.25, 0.3) is 0 Å². The fourth-order valence-electron chi connectivity index (χ4n) is 2.86. The molecular formula is C16H28N4O2. The Labute approximate surface area is 132 Å². The molecule has 1 aliphatic rings. The molecule has 6 nitrogen and oxygen atoms in total. The topological polar surface area (TPSA) is 70.2 Å². The zero-order valence-corrected chi connectivity index (χ0v) is 14.2. The van der Waals surface area contributed by atoms with Gasteiger partial charge in [-0.15, -0.1) is 0 Å². The second-order valence-corrected chi connectivity index (χ2v) is 7.06. The highest BCUT2D eigenvalue weighted by molar-refractivity contribution is 5.68. The third-order valence-electron chi connectivity index (χ3n) is 4.07. The Bertz CT molecular complexity index is 481. The van der Waals surface area contributed by atoms with Crippen LogP contribution in [0.3, 0.4) is 0 Å². The van der Waals surface area contributed by atoms with Crippen LogP contribution in [0, 0.1) is 0 Å². The first kappa shape index (κ1) is 16.8. The van der Waals surface area contributed by atoms with E-state index in [-0.39, 0.29) is 24.2 Å². The zero-order chi connectivity index (χ0) is 16.3. The fraction of sp³-hybridized carbons (Fsp3) is 0.750. The van der Waals surface area contributed by atoms with E-state index in [0.29, 0.717) is 0 Å². The zero-order valence-electron chi connectivity index (χ0n) is 14.2. The van der Waals surface area contributed by atoms with Crippen LogP contribution in [0.1, 0.15) is 59.2 Å². The van der Waals surface area contributed by atoms with Gasteiger partial charge in [0.15, 0.2) is 0 Å². The quantitative estimate of drug-likeness (QED) is 0.901. The highest BCUT2D eigenvalue weighted by Crippen LogP contribution is 2.23. The van der Waals surface area contributed by atoms with Crippen molar-refractivity contribution in [3.05, 3.63) is 18.0 Å². The second kappa shape index (κ2) is 6.69.